The van der Waals surface area contributed by atoms with Gasteiger partial charge in [-0.15, -0.1) is 0 Å². The zero-order valence-electron chi connectivity index (χ0n) is 10.5. The summed E-state index contributed by atoms with van der Waals surface area (Å²) < 4.78 is 0. The first-order chi connectivity index (χ1) is 8.22. The lowest BCUT2D eigenvalue weighted by atomic mass is 10.1. The summed E-state index contributed by atoms with van der Waals surface area (Å²) in [7, 11) is 2.02. The van der Waals surface area contributed by atoms with Gasteiger partial charge in [-0.1, -0.05) is 13.8 Å². The van der Waals surface area contributed by atoms with E-state index in [0.29, 0.717) is 16.5 Å². The van der Waals surface area contributed by atoms with Crippen LogP contribution in [-0.2, 0) is 0 Å². The smallest absolute Gasteiger partial charge is 0.115 e. The van der Waals surface area contributed by atoms with Crippen LogP contribution in [0.5, 0.6) is 0 Å². The molecule has 17 heavy (non-hydrogen) atoms. The first-order valence-corrected chi connectivity index (χ1v) is 7.90. The Labute approximate surface area is 112 Å². The molecule has 5 heteroatoms. The second kappa shape index (κ2) is 6.07. The molecule has 4 atom stereocenters. The zero-order chi connectivity index (χ0) is 12.3. The number of nitrogens with one attached hydrogen (secondary N) is 1. The number of aromatic nitrogens is 2. The highest BCUT2D eigenvalue weighted by Crippen LogP contribution is 2.40. The van der Waals surface area contributed by atoms with Gasteiger partial charge in [0.05, 0.1) is 0 Å². The van der Waals surface area contributed by atoms with Gasteiger partial charge in [-0.2, -0.15) is 23.5 Å². The zero-order valence-corrected chi connectivity index (χ0v) is 12.1. The molecule has 1 aliphatic heterocycles. The Hall–Kier alpha value is -0.260. The van der Waals surface area contributed by atoms with Crippen LogP contribution in [0.3, 0.4) is 0 Å². The summed E-state index contributed by atoms with van der Waals surface area (Å²) in [6.07, 6.45) is 5.42. The summed E-state index contributed by atoms with van der Waals surface area (Å²) in [6, 6.07) is 0.351. The SMILES string of the molecule is CNC(c1cncnc1)C1CSC(C)C(C)S1. The van der Waals surface area contributed by atoms with Crippen LogP contribution in [0.25, 0.3) is 0 Å². The van der Waals surface area contributed by atoms with E-state index in [9.17, 15) is 0 Å². The predicted octanol–water partition coefficient (Wildman–Crippen LogP) is 2.36. The van der Waals surface area contributed by atoms with Gasteiger partial charge in [-0.25, -0.2) is 9.97 Å². The fraction of sp³-hybridized carbons (Fsp3) is 0.667. The van der Waals surface area contributed by atoms with Gasteiger partial charge in [-0.3, -0.25) is 0 Å². The van der Waals surface area contributed by atoms with Crippen molar-refractivity contribution in [3.63, 3.8) is 0 Å². The Bertz CT molecular complexity index is 347. The Balaban J connectivity index is 2.09. The van der Waals surface area contributed by atoms with Gasteiger partial charge in [0.1, 0.15) is 6.33 Å². The summed E-state index contributed by atoms with van der Waals surface area (Å²) in [6.45, 7) is 4.64. The largest absolute Gasteiger partial charge is 0.312 e. The highest BCUT2D eigenvalue weighted by molar-refractivity contribution is 8.07. The second-order valence-corrected chi connectivity index (χ2v) is 7.39. The summed E-state index contributed by atoms with van der Waals surface area (Å²) in [5, 5.41) is 5.47. The van der Waals surface area contributed by atoms with Gasteiger partial charge in [0.25, 0.3) is 0 Å². The molecule has 0 bridgehead atoms. The Morgan fingerprint density at radius 2 is 2.00 bits per heavy atom. The van der Waals surface area contributed by atoms with Crippen molar-refractivity contribution in [1.82, 2.24) is 15.3 Å². The van der Waals surface area contributed by atoms with E-state index in [0.717, 1.165) is 5.25 Å². The molecule has 0 aromatic carbocycles. The first-order valence-electron chi connectivity index (χ1n) is 5.91. The number of hydrogen-bond acceptors (Lipinski definition) is 5. The molecule has 2 rings (SSSR count). The van der Waals surface area contributed by atoms with Crippen LogP contribution in [0, 0.1) is 0 Å². The van der Waals surface area contributed by atoms with E-state index in [1.54, 1.807) is 6.33 Å². The van der Waals surface area contributed by atoms with E-state index >= 15 is 0 Å². The summed E-state index contributed by atoms with van der Waals surface area (Å²) in [5.41, 5.74) is 1.19. The lowest BCUT2D eigenvalue weighted by Crippen LogP contribution is -2.35. The standard InChI is InChI=1S/C12H19N3S2/c1-8-9(2)17-11(6-16-8)12(13-3)10-4-14-7-15-5-10/h4-5,7-9,11-13H,6H2,1-3H3. The van der Waals surface area contributed by atoms with Crippen LogP contribution in [0.15, 0.2) is 18.7 Å². The van der Waals surface area contributed by atoms with E-state index in [1.165, 1.54) is 11.3 Å². The van der Waals surface area contributed by atoms with E-state index in [4.69, 9.17) is 0 Å². The number of nitrogens with zero attached hydrogens (tertiary/aromatic N) is 2. The third-order valence-electron chi connectivity index (χ3n) is 3.20. The average molecular weight is 269 g/mol. The van der Waals surface area contributed by atoms with Crippen LogP contribution in [0.2, 0.25) is 0 Å². The van der Waals surface area contributed by atoms with Crippen molar-refractivity contribution in [3.8, 4) is 0 Å². The normalized spacial score (nSPS) is 31.1. The molecule has 1 aromatic heterocycles. The minimum atomic E-state index is 0.351. The molecule has 1 saturated heterocycles. The molecule has 1 aromatic rings. The quantitative estimate of drug-likeness (QED) is 0.912. The van der Waals surface area contributed by atoms with Crippen molar-refractivity contribution >= 4 is 23.5 Å². The van der Waals surface area contributed by atoms with Crippen LogP contribution in [0.1, 0.15) is 25.5 Å². The fourth-order valence-electron chi connectivity index (χ4n) is 2.02. The molecule has 1 fully saturated rings. The molecule has 0 aliphatic carbocycles. The molecule has 0 saturated carbocycles. The van der Waals surface area contributed by atoms with Gasteiger partial charge in [0.15, 0.2) is 0 Å². The van der Waals surface area contributed by atoms with Gasteiger partial charge < -0.3 is 5.32 Å². The third kappa shape index (κ3) is 3.14. The molecule has 0 spiro atoms. The predicted molar refractivity (Wildman–Crippen MR) is 76.6 cm³/mol. The summed E-state index contributed by atoms with van der Waals surface area (Å²) >= 11 is 4.15. The maximum absolute atomic E-state index is 4.12. The molecule has 2 heterocycles. The molecular formula is C12H19N3S2. The molecule has 3 nitrogen and oxygen atoms in total. The van der Waals surface area contributed by atoms with E-state index in [1.807, 2.05) is 19.4 Å². The summed E-state index contributed by atoms with van der Waals surface area (Å²) in [5.74, 6) is 1.19. The third-order valence-corrected chi connectivity index (χ3v) is 6.69. The van der Waals surface area contributed by atoms with Crippen LogP contribution in [-0.4, -0.2) is 38.5 Å². The van der Waals surface area contributed by atoms with Crippen molar-refractivity contribution in [1.29, 1.82) is 0 Å². The molecular weight excluding hydrogens is 250 g/mol. The van der Waals surface area contributed by atoms with Gasteiger partial charge in [-0.05, 0) is 7.05 Å². The lowest BCUT2D eigenvalue weighted by Gasteiger charge is -2.35. The Kier molecular flexibility index (Phi) is 4.70. The van der Waals surface area contributed by atoms with E-state index < -0.39 is 0 Å². The molecule has 1 aliphatic rings. The van der Waals surface area contributed by atoms with Gasteiger partial charge >= 0.3 is 0 Å². The lowest BCUT2D eigenvalue weighted by molar-refractivity contribution is 0.583. The number of hydrogen-bond donors (Lipinski definition) is 1. The first kappa shape index (κ1) is 13.2. The van der Waals surface area contributed by atoms with Crippen molar-refractivity contribution in [2.45, 2.75) is 35.6 Å². The van der Waals surface area contributed by atoms with Gasteiger partial charge in [0.2, 0.25) is 0 Å². The number of thioether (sulfide) groups is 2. The number of rotatable bonds is 3. The van der Waals surface area contributed by atoms with Crippen LogP contribution >= 0.6 is 23.5 Å². The topological polar surface area (TPSA) is 37.8 Å². The Morgan fingerprint density at radius 3 is 2.59 bits per heavy atom. The van der Waals surface area contributed by atoms with Crippen LogP contribution in [0.4, 0.5) is 0 Å². The maximum atomic E-state index is 4.12. The average Bonchev–Trinajstić information content (AvgIpc) is 2.36. The minimum Gasteiger partial charge on any atom is -0.312 e. The maximum Gasteiger partial charge on any atom is 0.115 e. The molecule has 1 N–H and O–H groups in total. The highest BCUT2D eigenvalue weighted by atomic mass is 32.2. The molecule has 0 amide bonds. The fourth-order valence-corrected chi connectivity index (χ4v) is 5.18. The van der Waals surface area contributed by atoms with Crippen molar-refractivity contribution in [2.24, 2.45) is 0 Å². The molecule has 0 radical (unpaired) electrons. The van der Waals surface area contributed by atoms with E-state index in [-0.39, 0.29) is 0 Å². The monoisotopic (exact) mass is 269 g/mol. The highest BCUT2D eigenvalue weighted by Gasteiger charge is 2.31. The van der Waals surface area contributed by atoms with E-state index in [2.05, 4.69) is 52.7 Å². The van der Waals surface area contributed by atoms with Crippen molar-refractivity contribution in [2.75, 3.05) is 12.8 Å². The van der Waals surface area contributed by atoms with Crippen molar-refractivity contribution in [3.05, 3.63) is 24.3 Å². The van der Waals surface area contributed by atoms with Gasteiger partial charge in [0, 0.05) is 45.5 Å². The summed E-state index contributed by atoms with van der Waals surface area (Å²) in [4.78, 5) is 8.23. The minimum absolute atomic E-state index is 0.351. The second-order valence-electron chi connectivity index (χ2n) is 4.36. The van der Waals surface area contributed by atoms with Crippen LogP contribution < -0.4 is 5.32 Å². The van der Waals surface area contributed by atoms with Crippen molar-refractivity contribution < 1.29 is 0 Å². The molecule has 4 unspecified atom stereocenters. The molecule has 94 valence electrons. The Morgan fingerprint density at radius 1 is 1.29 bits per heavy atom.